The van der Waals surface area contributed by atoms with E-state index in [9.17, 15) is 4.79 Å². The maximum atomic E-state index is 12.3. The second-order valence-electron chi connectivity index (χ2n) is 6.22. The third kappa shape index (κ3) is 3.32. The molecule has 0 aliphatic carbocycles. The molecule has 1 aromatic carbocycles. The molecular weight excluding hydrogens is 312 g/mol. The largest absolute Gasteiger partial charge is 0.454 e. The van der Waals surface area contributed by atoms with E-state index >= 15 is 0 Å². The predicted octanol–water partition coefficient (Wildman–Crippen LogP) is -0.572. The van der Waals surface area contributed by atoms with Crippen LogP contribution in [0.25, 0.3) is 0 Å². The molecule has 130 valence electrons. The molecule has 8 heteroatoms. The Hall–Kier alpha value is -1.87. The third-order valence-electron chi connectivity index (χ3n) is 4.55. The van der Waals surface area contributed by atoms with Crippen LogP contribution in [0, 0.1) is 0 Å². The molecule has 0 radical (unpaired) electrons. The molecule has 0 spiro atoms. The van der Waals surface area contributed by atoms with Gasteiger partial charge in [-0.15, -0.1) is 0 Å². The van der Waals surface area contributed by atoms with Crippen LogP contribution < -0.4 is 31.0 Å². The van der Waals surface area contributed by atoms with Crippen LogP contribution in [-0.4, -0.2) is 51.2 Å². The molecule has 3 aliphatic heterocycles. The van der Waals surface area contributed by atoms with Crippen LogP contribution in [0.2, 0.25) is 0 Å². The lowest BCUT2D eigenvalue weighted by atomic mass is 9.96. The summed E-state index contributed by atoms with van der Waals surface area (Å²) in [6.45, 7) is 3.07. The minimum absolute atomic E-state index is 0.00458. The number of fused-ring (bicyclic) bond motifs is 1. The van der Waals surface area contributed by atoms with Gasteiger partial charge >= 0.3 is 0 Å². The fourth-order valence-corrected chi connectivity index (χ4v) is 3.30. The Balaban J connectivity index is 1.38. The van der Waals surface area contributed by atoms with Crippen LogP contribution in [0.3, 0.4) is 0 Å². The summed E-state index contributed by atoms with van der Waals surface area (Å²) in [6, 6.07) is 6.00. The summed E-state index contributed by atoms with van der Waals surface area (Å²) in [4.78, 5) is 12.3. The van der Waals surface area contributed by atoms with Crippen LogP contribution in [0.5, 0.6) is 11.5 Å². The Morgan fingerprint density at radius 1 is 1.29 bits per heavy atom. The van der Waals surface area contributed by atoms with Gasteiger partial charge in [0.25, 0.3) is 0 Å². The van der Waals surface area contributed by atoms with Gasteiger partial charge in [-0.1, -0.05) is 6.07 Å². The van der Waals surface area contributed by atoms with Gasteiger partial charge in [0.2, 0.25) is 12.7 Å². The van der Waals surface area contributed by atoms with Crippen LogP contribution in [0.1, 0.15) is 17.9 Å². The number of nitrogens with one attached hydrogen (secondary N) is 4. The summed E-state index contributed by atoms with van der Waals surface area (Å²) >= 11 is 0. The number of amides is 1. The lowest BCUT2D eigenvalue weighted by molar-refractivity contribution is -0.123. The number of hydrogen-bond acceptors (Lipinski definition) is 7. The summed E-state index contributed by atoms with van der Waals surface area (Å²) in [7, 11) is 0. The minimum Gasteiger partial charge on any atom is -0.454 e. The van der Waals surface area contributed by atoms with Gasteiger partial charge in [-0.2, -0.15) is 0 Å². The molecule has 3 unspecified atom stereocenters. The average Bonchev–Trinajstić information content (AvgIpc) is 3.23. The topological polar surface area (TPSA) is 92.9 Å². The van der Waals surface area contributed by atoms with Crippen LogP contribution in [0.4, 0.5) is 0 Å². The first kappa shape index (κ1) is 15.6. The highest BCUT2D eigenvalue weighted by Gasteiger charge is 2.31. The van der Waals surface area contributed by atoms with Crippen molar-refractivity contribution >= 4 is 5.91 Å². The Morgan fingerprint density at radius 3 is 3.08 bits per heavy atom. The molecular formula is C16H22N4O4. The Labute approximate surface area is 140 Å². The SMILES string of the molecule is O=C(CC1COCCN1)NC1NNCC1c1ccc2c(c1)OCO2. The highest BCUT2D eigenvalue weighted by atomic mass is 16.7. The third-order valence-corrected chi connectivity index (χ3v) is 4.55. The molecule has 24 heavy (non-hydrogen) atoms. The van der Waals surface area contributed by atoms with Crippen LogP contribution >= 0.6 is 0 Å². The summed E-state index contributed by atoms with van der Waals surface area (Å²) < 4.78 is 16.2. The van der Waals surface area contributed by atoms with E-state index in [1.54, 1.807) is 0 Å². The zero-order chi connectivity index (χ0) is 16.4. The van der Waals surface area contributed by atoms with E-state index in [2.05, 4.69) is 21.5 Å². The molecule has 0 aromatic heterocycles. The van der Waals surface area contributed by atoms with Crippen molar-refractivity contribution in [3.63, 3.8) is 0 Å². The second kappa shape index (κ2) is 6.94. The molecule has 4 rings (SSSR count). The van der Waals surface area contributed by atoms with Crippen molar-refractivity contribution in [1.82, 2.24) is 21.5 Å². The van der Waals surface area contributed by atoms with Gasteiger partial charge in [-0.25, -0.2) is 5.43 Å². The fraction of sp³-hybridized carbons (Fsp3) is 0.562. The van der Waals surface area contributed by atoms with Gasteiger partial charge in [0.05, 0.1) is 13.2 Å². The fourth-order valence-electron chi connectivity index (χ4n) is 3.30. The first-order chi connectivity index (χ1) is 11.8. The van der Waals surface area contributed by atoms with Gasteiger partial charge in [0.15, 0.2) is 11.5 Å². The summed E-state index contributed by atoms with van der Waals surface area (Å²) in [6.07, 6.45) is 0.244. The average molecular weight is 334 g/mol. The first-order valence-corrected chi connectivity index (χ1v) is 8.28. The lowest BCUT2D eigenvalue weighted by Crippen LogP contribution is -2.49. The molecule has 2 fully saturated rings. The Kier molecular flexibility index (Phi) is 4.52. The number of hydrazine groups is 1. The molecule has 4 N–H and O–H groups in total. The summed E-state index contributed by atoms with van der Waals surface area (Å²) in [5.74, 6) is 1.65. The van der Waals surface area contributed by atoms with Gasteiger partial charge in [0.1, 0.15) is 6.17 Å². The Bertz CT molecular complexity index is 606. The first-order valence-electron chi connectivity index (χ1n) is 8.28. The quantitative estimate of drug-likeness (QED) is 0.586. The number of benzene rings is 1. The van der Waals surface area contributed by atoms with E-state index in [1.807, 2.05) is 18.2 Å². The smallest absolute Gasteiger partial charge is 0.231 e. The number of rotatable bonds is 4. The van der Waals surface area contributed by atoms with Crippen molar-refractivity contribution in [2.75, 3.05) is 33.1 Å². The van der Waals surface area contributed by atoms with Crippen LogP contribution in [0.15, 0.2) is 18.2 Å². The van der Waals surface area contributed by atoms with Gasteiger partial charge in [-0.05, 0) is 17.7 Å². The monoisotopic (exact) mass is 334 g/mol. The second-order valence-corrected chi connectivity index (χ2v) is 6.22. The normalized spacial score (nSPS) is 28.8. The van der Waals surface area contributed by atoms with Crippen LogP contribution in [-0.2, 0) is 9.53 Å². The maximum Gasteiger partial charge on any atom is 0.231 e. The highest BCUT2D eigenvalue weighted by Crippen LogP contribution is 2.35. The van der Waals surface area contributed by atoms with E-state index in [4.69, 9.17) is 14.2 Å². The maximum absolute atomic E-state index is 12.3. The summed E-state index contributed by atoms with van der Waals surface area (Å²) in [5, 5.41) is 6.36. The molecule has 1 amide bonds. The lowest BCUT2D eigenvalue weighted by Gasteiger charge is -2.25. The molecule has 3 aliphatic rings. The number of morpholine rings is 1. The number of carbonyl (C=O) groups is 1. The van der Waals surface area contributed by atoms with E-state index in [-0.39, 0.29) is 30.8 Å². The molecule has 3 heterocycles. The van der Waals surface area contributed by atoms with E-state index in [0.717, 1.165) is 30.2 Å². The number of hydrogen-bond donors (Lipinski definition) is 4. The van der Waals surface area contributed by atoms with E-state index in [0.29, 0.717) is 19.6 Å². The molecule has 0 saturated carbocycles. The van der Waals surface area contributed by atoms with Crippen molar-refractivity contribution < 1.29 is 19.0 Å². The summed E-state index contributed by atoms with van der Waals surface area (Å²) in [5.41, 5.74) is 7.35. The molecule has 2 saturated heterocycles. The molecule has 3 atom stereocenters. The van der Waals surface area contributed by atoms with Crippen molar-refractivity contribution in [1.29, 1.82) is 0 Å². The number of carbonyl (C=O) groups excluding carboxylic acids is 1. The van der Waals surface area contributed by atoms with E-state index in [1.165, 1.54) is 0 Å². The predicted molar refractivity (Wildman–Crippen MR) is 85.6 cm³/mol. The van der Waals surface area contributed by atoms with Gasteiger partial charge in [-0.3, -0.25) is 10.2 Å². The Morgan fingerprint density at radius 2 is 2.21 bits per heavy atom. The van der Waals surface area contributed by atoms with Crippen molar-refractivity contribution in [3.05, 3.63) is 23.8 Å². The van der Waals surface area contributed by atoms with Gasteiger partial charge < -0.3 is 24.8 Å². The van der Waals surface area contributed by atoms with E-state index < -0.39 is 0 Å². The zero-order valence-electron chi connectivity index (χ0n) is 13.3. The molecule has 1 aromatic rings. The molecule has 8 nitrogen and oxygen atoms in total. The minimum atomic E-state index is -0.164. The highest BCUT2D eigenvalue weighted by molar-refractivity contribution is 5.77. The van der Waals surface area contributed by atoms with Crippen molar-refractivity contribution in [2.24, 2.45) is 0 Å². The van der Waals surface area contributed by atoms with Crippen molar-refractivity contribution in [2.45, 2.75) is 24.5 Å². The van der Waals surface area contributed by atoms with Crippen molar-refractivity contribution in [3.8, 4) is 11.5 Å². The zero-order valence-corrected chi connectivity index (χ0v) is 13.3. The van der Waals surface area contributed by atoms with Gasteiger partial charge in [0, 0.05) is 31.5 Å². The standard InChI is InChI=1S/C16H22N4O4/c21-15(6-11-8-22-4-3-17-11)19-16-12(7-18-20-16)10-1-2-13-14(5-10)24-9-23-13/h1-2,5,11-12,16-18,20H,3-4,6-9H2,(H,19,21). The molecule has 0 bridgehead atoms. The number of ether oxygens (including phenoxy) is 3.